The van der Waals surface area contributed by atoms with Gasteiger partial charge in [0, 0.05) is 32.3 Å². The van der Waals surface area contributed by atoms with Crippen LogP contribution in [0.2, 0.25) is 5.02 Å². The Hall–Kier alpha value is -2.54. The summed E-state index contributed by atoms with van der Waals surface area (Å²) in [4.78, 5) is 14.6. The molecule has 0 bridgehead atoms. The average molecular weight is 445 g/mol. The summed E-state index contributed by atoms with van der Waals surface area (Å²) in [5.74, 6) is 0.860. The molecule has 1 heterocycles. The Kier molecular flexibility index (Phi) is 8.76. The Labute approximate surface area is 188 Å². The predicted octanol–water partition coefficient (Wildman–Crippen LogP) is 3.91. The Morgan fingerprint density at radius 2 is 1.90 bits per heavy atom. The van der Waals surface area contributed by atoms with E-state index in [2.05, 4.69) is 34.5 Å². The molecule has 1 aliphatic rings. The van der Waals surface area contributed by atoms with Crippen LogP contribution in [0.5, 0.6) is 11.5 Å². The molecule has 1 aliphatic heterocycles. The number of nitrogens with one attached hydrogen (secondary N) is 1. The van der Waals surface area contributed by atoms with E-state index in [-0.39, 0.29) is 5.91 Å². The number of rotatable bonds is 9. The summed E-state index contributed by atoms with van der Waals surface area (Å²) in [6.45, 7) is 7.30. The molecular weight excluding hydrogens is 416 g/mol. The number of halogens is 1. The molecule has 2 aromatic carbocycles. The van der Waals surface area contributed by atoms with Crippen molar-refractivity contribution in [3.05, 3.63) is 64.2 Å². The van der Waals surface area contributed by atoms with Crippen LogP contribution in [0, 0.1) is 0 Å². The number of morpholine rings is 1. The van der Waals surface area contributed by atoms with Crippen molar-refractivity contribution in [1.82, 2.24) is 10.2 Å². The maximum atomic E-state index is 12.2. The van der Waals surface area contributed by atoms with Gasteiger partial charge < -0.3 is 19.5 Å². The number of methoxy groups -OCH3 is 1. The number of carbonyl (C=O) groups is 1. The lowest BCUT2D eigenvalue weighted by Gasteiger charge is -2.26. The van der Waals surface area contributed by atoms with Crippen LogP contribution in [0.4, 0.5) is 0 Å². The monoisotopic (exact) mass is 444 g/mol. The lowest BCUT2D eigenvalue weighted by atomic mass is 10.1. The van der Waals surface area contributed by atoms with Gasteiger partial charge in [0.2, 0.25) is 5.91 Å². The molecule has 2 aromatic rings. The van der Waals surface area contributed by atoms with Crippen LogP contribution in [-0.2, 0) is 22.6 Å². The fourth-order valence-electron chi connectivity index (χ4n) is 3.35. The minimum absolute atomic E-state index is 0.178. The number of nitrogens with zero attached hydrogens (tertiary/aromatic N) is 1. The third-order valence-electron chi connectivity index (χ3n) is 4.96. The van der Waals surface area contributed by atoms with Gasteiger partial charge in [-0.15, -0.1) is 0 Å². The molecule has 0 aromatic heterocycles. The molecule has 166 valence electrons. The Morgan fingerprint density at radius 3 is 2.58 bits per heavy atom. The van der Waals surface area contributed by atoms with Gasteiger partial charge in [-0.25, -0.2) is 0 Å². The van der Waals surface area contributed by atoms with Crippen LogP contribution < -0.4 is 14.8 Å². The molecule has 0 aliphatic carbocycles. The molecule has 0 saturated carbocycles. The Balaban J connectivity index is 1.52. The highest BCUT2D eigenvalue weighted by atomic mass is 35.5. The van der Waals surface area contributed by atoms with Crippen molar-refractivity contribution in [3.8, 4) is 11.5 Å². The summed E-state index contributed by atoms with van der Waals surface area (Å²) in [6, 6.07) is 11.9. The molecule has 1 saturated heterocycles. The molecule has 6 nitrogen and oxygen atoms in total. The zero-order chi connectivity index (χ0) is 22.1. The molecule has 0 radical (unpaired) electrons. The highest BCUT2D eigenvalue weighted by molar-refractivity contribution is 6.32. The van der Waals surface area contributed by atoms with Crippen molar-refractivity contribution < 1.29 is 19.0 Å². The highest BCUT2D eigenvalue weighted by Crippen LogP contribution is 2.36. The first-order valence-corrected chi connectivity index (χ1v) is 10.8. The molecule has 1 N–H and O–H groups in total. The van der Waals surface area contributed by atoms with Crippen LogP contribution in [-0.4, -0.2) is 50.8 Å². The number of hydrogen-bond acceptors (Lipinski definition) is 5. The zero-order valence-electron chi connectivity index (χ0n) is 18.0. The molecule has 1 amide bonds. The first-order chi connectivity index (χ1) is 15.1. The Bertz CT molecular complexity index is 893. The van der Waals surface area contributed by atoms with Gasteiger partial charge in [0.25, 0.3) is 0 Å². The fourth-order valence-corrected chi connectivity index (χ4v) is 3.64. The van der Waals surface area contributed by atoms with Crippen molar-refractivity contribution in [1.29, 1.82) is 0 Å². The largest absolute Gasteiger partial charge is 0.491 e. The summed E-state index contributed by atoms with van der Waals surface area (Å²) >= 11 is 6.25. The second-order valence-corrected chi connectivity index (χ2v) is 7.63. The maximum Gasteiger partial charge on any atom is 0.244 e. The second-order valence-electron chi connectivity index (χ2n) is 7.22. The van der Waals surface area contributed by atoms with E-state index >= 15 is 0 Å². The number of amides is 1. The number of hydrogen-bond donors (Lipinski definition) is 1. The van der Waals surface area contributed by atoms with E-state index in [1.807, 2.05) is 6.92 Å². The molecule has 0 unspecified atom stereocenters. The Morgan fingerprint density at radius 1 is 1.19 bits per heavy atom. The van der Waals surface area contributed by atoms with Crippen LogP contribution >= 0.6 is 11.6 Å². The van der Waals surface area contributed by atoms with E-state index < -0.39 is 0 Å². The van der Waals surface area contributed by atoms with E-state index in [9.17, 15) is 4.79 Å². The molecule has 3 rings (SSSR count). The maximum absolute atomic E-state index is 12.2. The number of benzene rings is 2. The van der Waals surface area contributed by atoms with Gasteiger partial charge in [-0.05, 0) is 41.8 Å². The third-order valence-corrected chi connectivity index (χ3v) is 5.24. The van der Waals surface area contributed by atoms with Gasteiger partial charge in [0.05, 0.1) is 32.0 Å². The van der Waals surface area contributed by atoms with E-state index in [1.165, 1.54) is 11.6 Å². The highest BCUT2D eigenvalue weighted by Gasteiger charge is 2.11. The molecule has 7 heteroatoms. The minimum Gasteiger partial charge on any atom is -0.491 e. The number of carbonyl (C=O) groups excluding carboxylic acids is 1. The summed E-state index contributed by atoms with van der Waals surface area (Å²) < 4.78 is 16.2. The van der Waals surface area contributed by atoms with Crippen molar-refractivity contribution in [3.63, 3.8) is 0 Å². The topological polar surface area (TPSA) is 60.0 Å². The summed E-state index contributed by atoms with van der Waals surface area (Å²) in [7, 11) is 1.54. The molecular formula is C24H29ClN2O4. The first-order valence-electron chi connectivity index (χ1n) is 10.4. The zero-order valence-corrected chi connectivity index (χ0v) is 18.8. The molecule has 0 atom stereocenters. The van der Waals surface area contributed by atoms with Crippen molar-refractivity contribution in [2.75, 3.05) is 40.0 Å². The third kappa shape index (κ3) is 6.99. The van der Waals surface area contributed by atoms with Crippen LogP contribution in [0.1, 0.15) is 23.6 Å². The lowest BCUT2D eigenvalue weighted by Crippen LogP contribution is -2.35. The van der Waals surface area contributed by atoms with E-state index in [0.29, 0.717) is 29.7 Å². The smallest absolute Gasteiger partial charge is 0.244 e. The van der Waals surface area contributed by atoms with Crippen LogP contribution in [0.3, 0.4) is 0 Å². The predicted molar refractivity (Wildman–Crippen MR) is 123 cm³/mol. The van der Waals surface area contributed by atoms with Crippen molar-refractivity contribution in [2.24, 2.45) is 0 Å². The van der Waals surface area contributed by atoms with Crippen LogP contribution in [0.25, 0.3) is 6.08 Å². The minimum atomic E-state index is -0.178. The van der Waals surface area contributed by atoms with Crippen LogP contribution in [0.15, 0.2) is 42.5 Å². The standard InChI is InChI=1S/C24H29ClN2O4/c1-3-31-22-15-20(14-21(25)24(22)29-2)8-9-23(28)26-16-18-4-6-19(7-5-18)17-27-10-12-30-13-11-27/h4-9,14-15H,3,10-13,16-17H2,1-2H3,(H,26,28). The van der Waals surface area contributed by atoms with E-state index in [4.69, 9.17) is 25.8 Å². The average Bonchev–Trinajstić information content (AvgIpc) is 2.78. The van der Waals surface area contributed by atoms with Gasteiger partial charge in [-0.1, -0.05) is 35.9 Å². The van der Waals surface area contributed by atoms with Gasteiger partial charge in [-0.2, -0.15) is 0 Å². The van der Waals surface area contributed by atoms with Crippen molar-refractivity contribution in [2.45, 2.75) is 20.0 Å². The number of ether oxygens (including phenoxy) is 3. The van der Waals surface area contributed by atoms with Gasteiger partial charge >= 0.3 is 0 Å². The van der Waals surface area contributed by atoms with E-state index in [1.54, 1.807) is 25.3 Å². The SMILES string of the molecule is CCOc1cc(C=CC(=O)NCc2ccc(CN3CCOCC3)cc2)cc(Cl)c1OC. The van der Waals surface area contributed by atoms with Gasteiger partial charge in [0.1, 0.15) is 0 Å². The summed E-state index contributed by atoms with van der Waals surface area (Å²) in [5, 5.41) is 3.34. The lowest BCUT2D eigenvalue weighted by molar-refractivity contribution is -0.116. The quantitative estimate of drug-likeness (QED) is 0.594. The second kappa shape index (κ2) is 11.7. The summed E-state index contributed by atoms with van der Waals surface area (Å²) in [6.07, 6.45) is 3.19. The molecule has 31 heavy (non-hydrogen) atoms. The first kappa shape index (κ1) is 23.1. The van der Waals surface area contributed by atoms with Gasteiger partial charge in [0.15, 0.2) is 11.5 Å². The normalized spacial score (nSPS) is 14.5. The molecule has 1 fully saturated rings. The van der Waals surface area contributed by atoms with Crippen molar-refractivity contribution >= 4 is 23.6 Å². The molecule has 0 spiro atoms. The van der Waals surface area contributed by atoms with Gasteiger partial charge in [-0.3, -0.25) is 9.69 Å². The fraction of sp³-hybridized carbons (Fsp3) is 0.375. The summed E-state index contributed by atoms with van der Waals surface area (Å²) in [5.41, 5.74) is 3.08. The van der Waals surface area contributed by atoms with E-state index in [0.717, 1.165) is 44.0 Å².